The quantitative estimate of drug-likeness (QED) is 0.749. The van der Waals surface area contributed by atoms with E-state index in [4.69, 9.17) is 4.42 Å². The Labute approximate surface area is 122 Å². The number of para-hydroxylation sites is 1. The molecule has 0 aliphatic carbocycles. The summed E-state index contributed by atoms with van der Waals surface area (Å²) in [6.45, 7) is 5.15. The molecular formula is C15H17N5O. The number of rotatable bonds is 5. The SMILES string of the molecule is CCNc1nc(NCc2ncc(C)o2)c2ccccc2n1. The lowest BCUT2D eigenvalue weighted by Crippen LogP contribution is -2.07. The molecule has 1 aromatic carbocycles. The molecule has 0 spiro atoms. The van der Waals surface area contributed by atoms with E-state index in [2.05, 4.69) is 25.6 Å². The van der Waals surface area contributed by atoms with Gasteiger partial charge in [0.1, 0.15) is 11.6 Å². The van der Waals surface area contributed by atoms with Crippen LogP contribution in [0.25, 0.3) is 10.9 Å². The number of aromatic nitrogens is 3. The summed E-state index contributed by atoms with van der Waals surface area (Å²) < 4.78 is 5.46. The van der Waals surface area contributed by atoms with Gasteiger partial charge in [-0.25, -0.2) is 9.97 Å². The molecule has 0 saturated heterocycles. The van der Waals surface area contributed by atoms with Gasteiger partial charge in [-0.05, 0) is 26.0 Å². The molecule has 0 fully saturated rings. The number of oxazole rings is 1. The minimum absolute atomic E-state index is 0.487. The predicted octanol–water partition coefficient (Wildman–Crippen LogP) is 2.97. The van der Waals surface area contributed by atoms with Crippen molar-refractivity contribution in [2.45, 2.75) is 20.4 Å². The average molecular weight is 283 g/mol. The lowest BCUT2D eigenvalue weighted by Gasteiger charge is -2.10. The second kappa shape index (κ2) is 5.78. The zero-order valence-corrected chi connectivity index (χ0v) is 12.1. The fraction of sp³-hybridized carbons (Fsp3) is 0.267. The van der Waals surface area contributed by atoms with Gasteiger partial charge in [0.15, 0.2) is 0 Å². The summed E-state index contributed by atoms with van der Waals surface area (Å²) in [5, 5.41) is 7.38. The normalized spacial score (nSPS) is 10.8. The van der Waals surface area contributed by atoms with Crippen molar-refractivity contribution >= 4 is 22.7 Å². The molecule has 0 unspecified atom stereocenters. The number of hydrogen-bond donors (Lipinski definition) is 2. The Morgan fingerprint density at radius 1 is 1.14 bits per heavy atom. The zero-order valence-electron chi connectivity index (χ0n) is 12.1. The minimum atomic E-state index is 0.487. The van der Waals surface area contributed by atoms with Gasteiger partial charge in [-0.1, -0.05) is 12.1 Å². The molecule has 0 saturated carbocycles. The Balaban J connectivity index is 1.91. The number of anilines is 2. The van der Waals surface area contributed by atoms with Crippen LogP contribution in [0, 0.1) is 6.92 Å². The first kappa shape index (κ1) is 13.4. The number of hydrogen-bond acceptors (Lipinski definition) is 6. The highest BCUT2D eigenvalue weighted by Gasteiger charge is 2.08. The van der Waals surface area contributed by atoms with Crippen molar-refractivity contribution < 1.29 is 4.42 Å². The Morgan fingerprint density at radius 2 is 2.00 bits per heavy atom. The van der Waals surface area contributed by atoms with Gasteiger partial charge >= 0.3 is 0 Å². The minimum Gasteiger partial charge on any atom is -0.444 e. The third-order valence-corrected chi connectivity index (χ3v) is 3.01. The fourth-order valence-electron chi connectivity index (χ4n) is 2.09. The van der Waals surface area contributed by atoms with Crippen LogP contribution in [0.2, 0.25) is 0 Å². The van der Waals surface area contributed by atoms with E-state index >= 15 is 0 Å². The van der Waals surface area contributed by atoms with Crippen molar-refractivity contribution in [3.63, 3.8) is 0 Å². The Kier molecular flexibility index (Phi) is 3.68. The van der Waals surface area contributed by atoms with Crippen molar-refractivity contribution in [3.05, 3.63) is 42.1 Å². The molecule has 0 atom stereocenters. The largest absolute Gasteiger partial charge is 0.444 e. The fourth-order valence-corrected chi connectivity index (χ4v) is 2.09. The third-order valence-electron chi connectivity index (χ3n) is 3.01. The maximum atomic E-state index is 5.46. The maximum absolute atomic E-state index is 5.46. The summed E-state index contributed by atoms with van der Waals surface area (Å²) >= 11 is 0. The monoisotopic (exact) mass is 283 g/mol. The Bertz CT molecular complexity index is 753. The first-order valence-corrected chi connectivity index (χ1v) is 6.92. The van der Waals surface area contributed by atoms with Gasteiger partial charge in [-0.2, -0.15) is 4.98 Å². The second-order valence-corrected chi connectivity index (χ2v) is 4.66. The van der Waals surface area contributed by atoms with E-state index in [1.54, 1.807) is 6.20 Å². The molecule has 6 nitrogen and oxygen atoms in total. The van der Waals surface area contributed by atoms with Crippen molar-refractivity contribution in [1.29, 1.82) is 0 Å². The highest BCUT2D eigenvalue weighted by Crippen LogP contribution is 2.22. The Morgan fingerprint density at radius 3 is 2.76 bits per heavy atom. The molecule has 3 aromatic rings. The molecule has 2 heterocycles. The standard InChI is InChI=1S/C15H17N5O/c1-3-16-15-19-12-7-5-4-6-11(12)14(20-15)18-9-13-17-8-10(2)21-13/h4-8H,3,9H2,1-2H3,(H2,16,18,19,20). The second-order valence-electron chi connectivity index (χ2n) is 4.66. The number of benzene rings is 1. The lowest BCUT2D eigenvalue weighted by atomic mass is 10.2. The van der Waals surface area contributed by atoms with E-state index in [1.165, 1.54) is 0 Å². The summed E-state index contributed by atoms with van der Waals surface area (Å²) in [6.07, 6.45) is 1.71. The molecule has 3 rings (SSSR count). The number of nitrogens with zero attached hydrogens (tertiary/aromatic N) is 3. The van der Waals surface area contributed by atoms with Gasteiger partial charge < -0.3 is 15.1 Å². The number of nitrogens with one attached hydrogen (secondary N) is 2. The molecule has 0 aliphatic rings. The van der Waals surface area contributed by atoms with Gasteiger partial charge in [-0.3, -0.25) is 0 Å². The predicted molar refractivity (Wildman–Crippen MR) is 82.3 cm³/mol. The highest BCUT2D eigenvalue weighted by molar-refractivity contribution is 5.89. The molecule has 0 amide bonds. The topological polar surface area (TPSA) is 75.9 Å². The molecule has 0 radical (unpaired) electrons. The van der Waals surface area contributed by atoms with Gasteiger partial charge in [-0.15, -0.1) is 0 Å². The van der Waals surface area contributed by atoms with Crippen LogP contribution in [0.5, 0.6) is 0 Å². The van der Waals surface area contributed by atoms with Gasteiger partial charge in [0.2, 0.25) is 11.8 Å². The van der Waals surface area contributed by atoms with E-state index < -0.39 is 0 Å². The zero-order chi connectivity index (χ0) is 14.7. The van der Waals surface area contributed by atoms with Crippen molar-refractivity contribution in [1.82, 2.24) is 15.0 Å². The van der Waals surface area contributed by atoms with E-state index in [9.17, 15) is 0 Å². The number of aryl methyl sites for hydroxylation is 1. The highest BCUT2D eigenvalue weighted by atomic mass is 16.4. The van der Waals surface area contributed by atoms with E-state index in [0.717, 1.165) is 29.0 Å². The summed E-state index contributed by atoms with van der Waals surface area (Å²) in [7, 11) is 0. The van der Waals surface area contributed by atoms with Crippen LogP contribution in [0.1, 0.15) is 18.6 Å². The average Bonchev–Trinajstić information content (AvgIpc) is 2.91. The van der Waals surface area contributed by atoms with E-state index in [-0.39, 0.29) is 0 Å². The smallest absolute Gasteiger partial charge is 0.225 e. The lowest BCUT2D eigenvalue weighted by molar-refractivity contribution is 0.479. The molecule has 0 aliphatic heterocycles. The maximum Gasteiger partial charge on any atom is 0.225 e. The first-order chi connectivity index (χ1) is 10.3. The van der Waals surface area contributed by atoms with Crippen LogP contribution in [-0.4, -0.2) is 21.5 Å². The molecule has 21 heavy (non-hydrogen) atoms. The van der Waals surface area contributed by atoms with Crippen LogP contribution in [0.4, 0.5) is 11.8 Å². The van der Waals surface area contributed by atoms with Crippen LogP contribution >= 0.6 is 0 Å². The van der Waals surface area contributed by atoms with Crippen LogP contribution < -0.4 is 10.6 Å². The summed E-state index contributed by atoms with van der Waals surface area (Å²) in [5.74, 6) is 2.82. The first-order valence-electron chi connectivity index (χ1n) is 6.92. The summed E-state index contributed by atoms with van der Waals surface area (Å²) in [5.41, 5.74) is 0.898. The molecule has 2 N–H and O–H groups in total. The van der Waals surface area contributed by atoms with E-state index in [1.807, 2.05) is 38.1 Å². The molecule has 2 aromatic heterocycles. The van der Waals surface area contributed by atoms with Crippen molar-refractivity contribution in [2.24, 2.45) is 0 Å². The summed E-state index contributed by atoms with van der Waals surface area (Å²) in [4.78, 5) is 13.2. The van der Waals surface area contributed by atoms with Crippen molar-refractivity contribution in [3.8, 4) is 0 Å². The number of fused-ring (bicyclic) bond motifs is 1. The molecule has 0 bridgehead atoms. The third kappa shape index (κ3) is 2.94. The summed E-state index contributed by atoms with van der Waals surface area (Å²) in [6, 6.07) is 7.90. The molecular weight excluding hydrogens is 266 g/mol. The van der Waals surface area contributed by atoms with Crippen LogP contribution in [0.3, 0.4) is 0 Å². The van der Waals surface area contributed by atoms with Gasteiger partial charge in [0.05, 0.1) is 18.3 Å². The van der Waals surface area contributed by atoms with E-state index in [0.29, 0.717) is 18.4 Å². The van der Waals surface area contributed by atoms with Crippen LogP contribution in [0.15, 0.2) is 34.9 Å². The van der Waals surface area contributed by atoms with Gasteiger partial charge in [0.25, 0.3) is 0 Å². The van der Waals surface area contributed by atoms with Crippen LogP contribution in [-0.2, 0) is 6.54 Å². The Hall–Kier alpha value is -2.63. The molecule has 108 valence electrons. The van der Waals surface area contributed by atoms with Gasteiger partial charge in [0, 0.05) is 11.9 Å². The molecule has 6 heteroatoms. The van der Waals surface area contributed by atoms with Crippen molar-refractivity contribution in [2.75, 3.05) is 17.2 Å².